The highest BCUT2D eigenvalue weighted by Gasteiger charge is 2.13. The third-order valence-corrected chi connectivity index (χ3v) is 4.40. The van der Waals surface area contributed by atoms with Crippen LogP contribution in [0.2, 0.25) is 0 Å². The molecule has 5 nitrogen and oxygen atoms in total. The van der Waals surface area contributed by atoms with Crippen LogP contribution < -0.4 is 5.56 Å². The van der Waals surface area contributed by atoms with E-state index in [-0.39, 0.29) is 5.56 Å². The Morgan fingerprint density at radius 1 is 1.19 bits per heavy atom. The summed E-state index contributed by atoms with van der Waals surface area (Å²) in [7, 11) is 1.89. The number of thioether (sulfide) groups is 1. The molecule has 3 aromatic rings. The lowest BCUT2D eigenvalue weighted by atomic mass is 10.2. The standard InChI is InChI=1S/C15H16N4OS/c1-9-4-6-11(7-5-9)8-21-15-18-12-13(19(15)3)16-10(2)17-14(12)20/h4-7H,8H2,1-3H3,(H,16,17,20). The van der Waals surface area contributed by atoms with Crippen molar-refractivity contribution in [3.63, 3.8) is 0 Å². The number of nitrogens with zero attached hydrogens (tertiary/aromatic N) is 3. The highest BCUT2D eigenvalue weighted by atomic mass is 32.2. The number of benzene rings is 1. The number of aryl methyl sites for hydroxylation is 3. The second-order valence-electron chi connectivity index (χ2n) is 5.05. The minimum atomic E-state index is -0.185. The first-order valence-electron chi connectivity index (χ1n) is 6.66. The number of imidazole rings is 1. The molecule has 0 aliphatic heterocycles. The van der Waals surface area contributed by atoms with E-state index in [1.807, 2.05) is 11.6 Å². The molecule has 0 saturated heterocycles. The monoisotopic (exact) mass is 300 g/mol. The maximum Gasteiger partial charge on any atom is 0.279 e. The van der Waals surface area contributed by atoms with Gasteiger partial charge in [0.05, 0.1) is 0 Å². The Labute approximate surface area is 126 Å². The Bertz CT molecular complexity index is 848. The van der Waals surface area contributed by atoms with E-state index in [0.717, 1.165) is 10.9 Å². The van der Waals surface area contributed by atoms with Gasteiger partial charge in [-0.1, -0.05) is 41.6 Å². The summed E-state index contributed by atoms with van der Waals surface area (Å²) in [6.45, 7) is 3.84. The molecular weight excluding hydrogens is 284 g/mol. The number of H-pyrrole nitrogens is 1. The topological polar surface area (TPSA) is 63.6 Å². The molecule has 0 unspecified atom stereocenters. The minimum absolute atomic E-state index is 0.185. The second-order valence-corrected chi connectivity index (χ2v) is 5.99. The van der Waals surface area contributed by atoms with E-state index in [9.17, 15) is 4.79 Å². The molecule has 6 heteroatoms. The van der Waals surface area contributed by atoms with E-state index >= 15 is 0 Å². The van der Waals surface area contributed by atoms with Gasteiger partial charge >= 0.3 is 0 Å². The fraction of sp³-hybridized carbons (Fsp3) is 0.267. The fourth-order valence-electron chi connectivity index (χ4n) is 2.12. The number of aromatic nitrogens is 4. The summed E-state index contributed by atoms with van der Waals surface area (Å²) >= 11 is 1.61. The summed E-state index contributed by atoms with van der Waals surface area (Å²) in [5.41, 5.74) is 3.32. The lowest BCUT2D eigenvalue weighted by Crippen LogP contribution is -2.10. The zero-order valence-electron chi connectivity index (χ0n) is 12.2. The predicted molar refractivity (Wildman–Crippen MR) is 84.6 cm³/mol. The van der Waals surface area contributed by atoms with Crippen molar-refractivity contribution in [2.75, 3.05) is 0 Å². The molecule has 2 aromatic heterocycles. The van der Waals surface area contributed by atoms with Crippen LogP contribution in [-0.4, -0.2) is 19.5 Å². The van der Waals surface area contributed by atoms with Crippen LogP contribution in [0.3, 0.4) is 0 Å². The average Bonchev–Trinajstić information content (AvgIpc) is 2.76. The van der Waals surface area contributed by atoms with Crippen molar-refractivity contribution in [1.29, 1.82) is 0 Å². The van der Waals surface area contributed by atoms with E-state index in [0.29, 0.717) is 17.0 Å². The van der Waals surface area contributed by atoms with Crippen LogP contribution in [-0.2, 0) is 12.8 Å². The van der Waals surface area contributed by atoms with Gasteiger partial charge < -0.3 is 9.55 Å². The zero-order valence-corrected chi connectivity index (χ0v) is 13.0. The van der Waals surface area contributed by atoms with E-state index in [2.05, 4.69) is 46.1 Å². The first-order valence-corrected chi connectivity index (χ1v) is 7.65. The number of hydrogen-bond acceptors (Lipinski definition) is 4. The Morgan fingerprint density at radius 3 is 2.62 bits per heavy atom. The van der Waals surface area contributed by atoms with Crippen LogP contribution >= 0.6 is 11.8 Å². The van der Waals surface area contributed by atoms with Crippen molar-refractivity contribution in [2.45, 2.75) is 24.8 Å². The molecule has 108 valence electrons. The third-order valence-electron chi connectivity index (χ3n) is 3.30. The van der Waals surface area contributed by atoms with Crippen molar-refractivity contribution in [3.05, 3.63) is 51.6 Å². The van der Waals surface area contributed by atoms with Gasteiger partial charge in [-0.05, 0) is 19.4 Å². The third kappa shape index (κ3) is 2.71. The van der Waals surface area contributed by atoms with Crippen molar-refractivity contribution >= 4 is 22.9 Å². The molecule has 1 aromatic carbocycles. The molecule has 0 aliphatic rings. The molecule has 0 bridgehead atoms. The molecule has 0 radical (unpaired) electrons. The number of fused-ring (bicyclic) bond motifs is 1. The van der Waals surface area contributed by atoms with E-state index < -0.39 is 0 Å². The lowest BCUT2D eigenvalue weighted by Gasteiger charge is -2.02. The van der Waals surface area contributed by atoms with Gasteiger partial charge in [-0.2, -0.15) is 0 Å². The molecule has 1 N–H and O–H groups in total. The molecule has 0 saturated carbocycles. The minimum Gasteiger partial charge on any atom is -0.309 e. The number of nitrogens with one attached hydrogen (secondary N) is 1. The SMILES string of the molecule is Cc1ccc(CSc2nc3c(=O)[nH]c(C)nc3n2C)cc1. The first-order chi connectivity index (χ1) is 10.0. The molecule has 3 rings (SSSR count). The van der Waals surface area contributed by atoms with Crippen LogP contribution in [0.5, 0.6) is 0 Å². The summed E-state index contributed by atoms with van der Waals surface area (Å²) in [6.07, 6.45) is 0. The molecule has 21 heavy (non-hydrogen) atoms. The highest BCUT2D eigenvalue weighted by molar-refractivity contribution is 7.98. The van der Waals surface area contributed by atoms with Crippen LogP contribution in [0, 0.1) is 13.8 Å². The van der Waals surface area contributed by atoms with Gasteiger partial charge in [0.2, 0.25) is 0 Å². The maximum absolute atomic E-state index is 11.9. The van der Waals surface area contributed by atoms with Crippen LogP contribution in [0.15, 0.2) is 34.2 Å². The van der Waals surface area contributed by atoms with Gasteiger partial charge in [0.15, 0.2) is 16.3 Å². The number of hydrogen-bond donors (Lipinski definition) is 1. The van der Waals surface area contributed by atoms with Crippen molar-refractivity contribution in [2.24, 2.45) is 7.05 Å². The zero-order chi connectivity index (χ0) is 15.0. The molecule has 0 spiro atoms. The van der Waals surface area contributed by atoms with E-state index in [1.165, 1.54) is 11.1 Å². The van der Waals surface area contributed by atoms with Gasteiger partial charge in [0.25, 0.3) is 5.56 Å². The Balaban J connectivity index is 1.91. The fourth-order valence-corrected chi connectivity index (χ4v) is 3.05. The van der Waals surface area contributed by atoms with Gasteiger partial charge in [0, 0.05) is 12.8 Å². The summed E-state index contributed by atoms with van der Waals surface area (Å²) in [5, 5.41) is 0.800. The van der Waals surface area contributed by atoms with E-state index in [1.54, 1.807) is 18.7 Å². The van der Waals surface area contributed by atoms with E-state index in [4.69, 9.17) is 0 Å². The Morgan fingerprint density at radius 2 is 1.90 bits per heavy atom. The first kappa shape index (κ1) is 13.9. The summed E-state index contributed by atoms with van der Waals surface area (Å²) in [6, 6.07) is 8.42. The summed E-state index contributed by atoms with van der Waals surface area (Å²) in [4.78, 5) is 23.3. The number of rotatable bonds is 3. The molecule has 0 amide bonds. The number of aromatic amines is 1. The molecule has 0 aliphatic carbocycles. The van der Waals surface area contributed by atoms with Crippen LogP contribution in [0.4, 0.5) is 0 Å². The second kappa shape index (κ2) is 5.37. The normalized spacial score (nSPS) is 11.2. The van der Waals surface area contributed by atoms with Gasteiger partial charge in [-0.15, -0.1) is 0 Å². The molecule has 2 heterocycles. The van der Waals surface area contributed by atoms with Gasteiger partial charge in [-0.25, -0.2) is 9.97 Å². The summed E-state index contributed by atoms with van der Waals surface area (Å²) < 4.78 is 1.87. The predicted octanol–water partition coefficient (Wildman–Crippen LogP) is 2.57. The maximum atomic E-state index is 11.9. The Hall–Kier alpha value is -2.08. The van der Waals surface area contributed by atoms with Crippen molar-refractivity contribution < 1.29 is 0 Å². The average molecular weight is 300 g/mol. The largest absolute Gasteiger partial charge is 0.309 e. The van der Waals surface area contributed by atoms with Crippen molar-refractivity contribution in [1.82, 2.24) is 19.5 Å². The quantitative estimate of drug-likeness (QED) is 0.755. The molecular formula is C15H16N4OS. The van der Waals surface area contributed by atoms with Gasteiger partial charge in [-0.3, -0.25) is 4.79 Å². The smallest absolute Gasteiger partial charge is 0.279 e. The van der Waals surface area contributed by atoms with Crippen LogP contribution in [0.25, 0.3) is 11.2 Å². The molecule has 0 fully saturated rings. The summed E-state index contributed by atoms with van der Waals surface area (Å²) in [5.74, 6) is 1.42. The molecule has 0 atom stereocenters. The Kier molecular flexibility index (Phi) is 3.55. The van der Waals surface area contributed by atoms with Crippen molar-refractivity contribution in [3.8, 4) is 0 Å². The highest BCUT2D eigenvalue weighted by Crippen LogP contribution is 2.23. The lowest BCUT2D eigenvalue weighted by molar-refractivity contribution is 0.803. The van der Waals surface area contributed by atoms with Gasteiger partial charge in [0.1, 0.15) is 5.82 Å². The van der Waals surface area contributed by atoms with Crippen LogP contribution in [0.1, 0.15) is 17.0 Å².